The molecule has 1 aromatic carbocycles. The van der Waals surface area contributed by atoms with Crippen molar-refractivity contribution in [1.82, 2.24) is 15.5 Å². The van der Waals surface area contributed by atoms with Crippen molar-refractivity contribution in [3.63, 3.8) is 0 Å². The molecular weight excluding hydrogens is 384 g/mol. The van der Waals surface area contributed by atoms with Crippen LogP contribution in [-0.4, -0.2) is 28.1 Å². The molecule has 2 N–H and O–H groups in total. The number of carbonyl (C=O) groups excluding carboxylic acids is 2. The van der Waals surface area contributed by atoms with Gasteiger partial charge in [-0.05, 0) is 18.3 Å². The lowest BCUT2D eigenvalue weighted by Gasteiger charge is -2.23. The highest BCUT2D eigenvalue weighted by molar-refractivity contribution is 7.18. The molecule has 29 heavy (non-hydrogen) atoms. The molecule has 1 fully saturated rings. The molecule has 3 rings (SSSR count). The van der Waals surface area contributed by atoms with Gasteiger partial charge in [0, 0.05) is 12.0 Å². The van der Waals surface area contributed by atoms with Gasteiger partial charge in [0.25, 0.3) is 0 Å². The summed E-state index contributed by atoms with van der Waals surface area (Å²) in [6, 6.07) is 9.17. The van der Waals surface area contributed by atoms with Gasteiger partial charge < -0.3 is 5.32 Å². The summed E-state index contributed by atoms with van der Waals surface area (Å²) in [6.07, 6.45) is 7.20. The number of nitrogens with one attached hydrogen (secondary N) is 2. The average molecular weight is 415 g/mol. The van der Waals surface area contributed by atoms with Crippen LogP contribution in [0.5, 0.6) is 0 Å². The van der Waals surface area contributed by atoms with Crippen molar-refractivity contribution in [2.45, 2.75) is 64.8 Å². The van der Waals surface area contributed by atoms with Gasteiger partial charge >= 0.3 is 0 Å². The van der Waals surface area contributed by atoms with Gasteiger partial charge in [-0.3, -0.25) is 14.9 Å². The minimum Gasteiger partial charge on any atom is -0.344 e. The Morgan fingerprint density at radius 2 is 1.90 bits per heavy atom. The smallest absolute Gasteiger partial charge is 0.249 e. The van der Waals surface area contributed by atoms with E-state index in [0.29, 0.717) is 17.5 Å². The molecule has 1 aliphatic rings. The van der Waals surface area contributed by atoms with Crippen LogP contribution >= 0.6 is 11.3 Å². The van der Waals surface area contributed by atoms with Crippen LogP contribution in [-0.2, 0) is 9.59 Å². The summed E-state index contributed by atoms with van der Waals surface area (Å²) >= 11 is 1.33. The molecule has 2 atom stereocenters. The van der Waals surface area contributed by atoms with Crippen molar-refractivity contribution in [3.8, 4) is 10.6 Å². The highest BCUT2D eigenvalue weighted by Crippen LogP contribution is 2.29. The largest absolute Gasteiger partial charge is 0.344 e. The molecule has 6 nitrogen and oxygen atoms in total. The van der Waals surface area contributed by atoms with E-state index in [9.17, 15) is 9.59 Å². The quantitative estimate of drug-likeness (QED) is 0.626. The van der Waals surface area contributed by atoms with Gasteiger partial charge in [0.2, 0.25) is 16.9 Å². The first-order valence-electron chi connectivity index (χ1n) is 10.6. The molecule has 2 amide bonds. The fourth-order valence-corrected chi connectivity index (χ4v) is 4.49. The van der Waals surface area contributed by atoms with E-state index in [1.807, 2.05) is 44.2 Å². The van der Waals surface area contributed by atoms with Gasteiger partial charge in [-0.1, -0.05) is 87.6 Å². The summed E-state index contributed by atoms with van der Waals surface area (Å²) in [6.45, 7) is 4.01. The first-order valence-corrected chi connectivity index (χ1v) is 11.4. The van der Waals surface area contributed by atoms with Crippen LogP contribution in [0.15, 0.2) is 30.3 Å². The van der Waals surface area contributed by atoms with E-state index >= 15 is 0 Å². The first-order chi connectivity index (χ1) is 14.1. The van der Waals surface area contributed by atoms with Crippen LogP contribution < -0.4 is 10.6 Å². The van der Waals surface area contributed by atoms with Gasteiger partial charge in [0.05, 0.1) is 0 Å². The number of nitrogens with zero attached hydrogens (tertiary/aromatic N) is 2. The highest BCUT2D eigenvalue weighted by Gasteiger charge is 2.27. The van der Waals surface area contributed by atoms with Crippen molar-refractivity contribution in [3.05, 3.63) is 30.3 Å². The maximum Gasteiger partial charge on any atom is 0.249 e. The standard InChI is InChI=1S/C22H30N4O2S/c1-3-15(2)19(23-18(27)14-13-16-9-7-8-10-16)20(28)24-22-26-25-21(29-22)17-11-5-4-6-12-17/h4-6,11-12,15-16,19H,3,7-10,13-14H2,1-2H3,(H,23,27)(H,24,26,28)/t15-,19-/m1/s1. The van der Waals surface area contributed by atoms with E-state index in [0.717, 1.165) is 23.4 Å². The van der Waals surface area contributed by atoms with Gasteiger partial charge in [-0.15, -0.1) is 10.2 Å². The number of benzene rings is 1. The minimum atomic E-state index is -0.569. The highest BCUT2D eigenvalue weighted by atomic mass is 32.1. The van der Waals surface area contributed by atoms with E-state index in [1.54, 1.807) is 0 Å². The van der Waals surface area contributed by atoms with Crippen LogP contribution in [0.25, 0.3) is 10.6 Å². The van der Waals surface area contributed by atoms with Crippen molar-refractivity contribution >= 4 is 28.3 Å². The lowest BCUT2D eigenvalue weighted by atomic mass is 9.97. The number of rotatable bonds is 9. The molecular formula is C22H30N4O2S. The molecule has 0 spiro atoms. The monoisotopic (exact) mass is 414 g/mol. The van der Waals surface area contributed by atoms with Gasteiger partial charge in [-0.2, -0.15) is 0 Å². The summed E-state index contributed by atoms with van der Waals surface area (Å²) < 4.78 is 0. The zero-order valence-electron chi connectivity index (χ0n) is 17.2. The van der Waals surface area contributed by atoms with Crippen LogP contribution in [0.3, 0.4) is 0 Å². The second-order valence-corrected chi connectivity index (χ2v) is 8.87. The summed E-state index contributed by atoms with van der Waals surface area (Å²) in [7, 11) is 0. The van der Waals surface area contributed by atoms with Crippen molar-refractivity contribution in [2.24, 2.45) is 11.8 Å². The number of carbonyl (C=O) groups is 2. The number of anilines is 1. The molecule has 1 saturated carbocycles. The molecule has 0 unspecified atom stereocenters. The van der Waals surface area contributed by atoms with E-state index in [4.69, 9.17) is 0 Å². The second-order valence-electron chi connectivity index (χ2n) is 7.89. The van der Waals surface area contributed by atoms with Crippen LogP contribution in [0.2, 0.25) is 0 Å². The maximum absolute atomic E-state index is 12.9. The van der Waals surface area contributed by atoms with E-state index in [-0.39, 0.29) is 17.7 Å². The summed E-state index contributed by atoms with van der Waals surface area (Å²) in [5, 5.41) is 15.3. The molecule has 0 aliphatic heterocycles. The van der Waals surface area contributed by atoms with E-state index in [1.165, 1.54) is 37.0 Å². The van der Waals surface area contributed by atoms with Gasteiger partial charge in [0.15, 0.2) is 0 Å². The van der Waals surface area contributed by atoms with Gasteiger partial charge in [-0.25, -0.2) is 0 Å². The summed E-state index contributed by atoms with van der Waals surface area (Å²) in [4.78, 5) is 25.3. The lowest BCUT2D eigenvalue weighted by molar-refractivity contribution is -0.127. The Morgan fingerprint density at radius 1 is 1.17 bits per heavy atom. The number of aromatic nitrogens is 2. The topological polar surface area (TPSA) is 84.0 Å². The molecule has 0 bridgehead atoms. The van der Waals surface area contributed by atoms with Crippen molar-refractivity contribution in [2.75, 3.05) is 5.32 Å². The molecule has 1 heterocycles. The molecule has 1 aromatic heterocycles. The molecule has 2 aromatic rings. The van der Waals surface area contributed by atoms with Crippen LogP contribution in [0.1, 0.15) is 58.8 Å². The zero-order valence-corrected chi connectivity index (χ0v) is 18.0. The zero-order chi connectivity index (χ0) is 20.6. The maximum atomic E-state index is 12.9. The van der Waals surface area contributed by atoms with Gasteiger partial charge in [0.1, 0.15) is 11.0 Å². The third-order valence-electron chi connectivity index (χ3n) is 5.74. The second kappa shape index (κ2) is 10.5. The van der Waals surface area contributed by atoms with E-state index < -0.39 is 6.04 Å². The Morgan fingerprint density at radius 3 is 2.59 bits per heavy atom. The fourth-order valence-electron chi connectivity index (χ4n) is 3.74. The summed E-state index contributed by atoms with van der Waals surface area (Å²) in [5.74, 6) is 0.422. The predicted octanol–water partition coefficient (Wildman–Crippen LogP) is 4.64. The Bertz CT molecular complexity index is 802. The third-order valence-corrected chi connectivity index (χ3v) is 6.63. The normalized spacial score (nSPS) is 16.3. The molecule has 0 radical (unpaired) electrons. The lowest BCUT2D eigenvalue weighted by Crippen LogP contribution is -2.47. The molecule has 7 heteroatoms. The molecule has 0 saturated heterocycles. The third kappa shape index (κ3) is 6.10. The Hall–Kier alpha value is -2.28. The molecule has 156 valence electrons. The number of hydrogen-bond donors (Lipinski definition) is 2. The Balaban J connectivity index is 1.58. The molecule has 1 aliphatic carbocycles. The average Bonchev–Trinajstić information content (AvgIpc) is 3.42. The fraction of sp³-hybridized carbons (Fsp3) is 0.545. The predicted molar refractivity (Wildman–Crippen MR) is 117 cm³/mol. The van der Waals surface area contributed by atoms with Crippen LogP contribution in [0.4, 0.5) is 5.13 Å². The van der Waals surface area contributed by atoms with Crippen LogP contribution in [0, 0.1) is 11.8 Å². The number of amides is 2. The summed E-state index contributed by atoms with van der Waals surface area (Å²) in [5.41, 5.74) is 0.962. The Kier molecular flexibility index (Phi) is 7.75. The van der Waals surface area contributed by atoms with Crippen molar-refractivity contribution in [1.29, 1.82) is 0 Å². The van der Waals surface area contributed by atoms with E-state index in [2.05, 4.69) is 20.8 Å². The Labute approximate surface area is 176 Å². The minimum absolute atomic E-state index is 0.0342. The number of hydrogen-bond acceptors (Lipinski definition) is 5. The van der Waals surface area contributed by atoms with Crippen molar-refractivity contribution < 1.29 is 9.59 Å². The SMILES string of the molecule is CC[C@@H](C)[C@@H](NC(=O)CCC1CCCC1)C(=O)Nc1nnc(-c2ccccc2)s1. The first kappa shape index (κ1) is 21.4.